The van der Waals surface area contributed by atoms with Crippen molar-refractivity contribution in [2.24, 2.45) is 0 Å². The van der Waals surface area contributed by atoms with Crippen molar-refractivity contribution in [1.82, 2.24) is 5.32 Å². The highest BCUT2D eigenvalue weighted by molar-refractivity contribution is 6.30. The van der Waals surface area contributed by atoms with Gasteiger partial charge >= 0.3 is 0 Å². The summed E-state index contributed by atoms with van der Waals surface area (Å²) < 4.78 is 10.9. The predicted molar refractivity (Wildman–Crippen MR) is 82.4 cm³/mol. The third-order valence-electron chi connectivity index (χ3n) is 3.71. The second-order valence-corrected chi connectivity index (χ2v) is 5.69. The van der Waals surface area contributed by atoms with Crippen molar-refractivity contribution in [3.8, 4) is 0 Å². The molecule has 1 aliphatic rings. The molecule has 1 amide bonds. The molecule has 116 valence electrons. The molecular weight excluding hydrogens is 290 g/mol. The van der Waals surface area contributed by atoms with E-state index < -0.39 is 0 Å². The zero-order valence-electron chi connectivity index (χ0n) is 12.3. The van der Waals surface area contributed by atoms with E-state index in [0.717, 1.165) is 31.4 Å². The molecule has 0 aromatic heterocycles. The Kier molecular flexibility index (Phi) is 6.49. The van der Waals surface area contributed by atoms with Crippen LogP contribution in [-0.4, -0.2) is 32.3 Å². The molecule has 2 rings (SSSR count). The van der Waals surface area contributed by atoms with Gasteiger partial charge in [-0.3, -0.25) is 4.79 Å². The summed E-state index contributed by atoms with van der Waals surface area (Å²) in [5.41, 5.74) is 0.962. The summed E-state index contributed by atoms with van der Waals surface area (Å²) in [6.45, 7) is 1.27. The van der Waals surface area contributed by atoms with Crippen LogP contribution >= 0.6 is 11.6 Å². The van der Waals surface area contributed by atoms with E-state index in [4.69, 9.17) is 21.1 Å². The molecule has 0 aliphatic carbocycles. The molecule has 21 heavy (non-hydrogen) atoms. The Bertz CT molecular complexity index is 461. The van der Waals surface area contributed by atoms with E-state index in [2.05, 4.69) is 5.32 Å². The zero-order valence-corrected chi connectivity index (χ0v) is 13.1. The quantitative estimate of drug-likeness (QED) is 0.841. The number of halogens is 1. The Hall–Kier alpha value is -1.10. The molecule has 1 aromatic carbocycles. The number of amides is 1. The predicted octanol–water partition coefficient (Wildman–Crippen LogP) is 3.10. The fourth-order valence-corrected chi connectivity index (χ4v) is 2.70. The lowest BCUT2D eigenvalue weighted by Crippen LogP contribution is -2.29. The average Bonchev–Trinajstić information content (AvgIpc) is 2.99. The largest absolute Gasteiger partial charge is 0.378 e. The maximum atomic E-state index is 11.9. The van der Waals surface area contributed by atoms with Gasteiger partial charge in [0.15, 0.2) is 0 Å². The molecule has 1 aromatic rings. The molecule has 0 unspecified atom stereocenters. The summed E-state index contributed by atoms with van der Waals surface area (Å²) in [6, 6.07) is 7.49. The SMILES string of the molecule is CO[C@H](CNC(=O)CC[C@H]1CCCO1)c1cccc(Cl)c1. The van der Waals surface area contributed by atoms with E-state index >= 15 is 0 Å². The highest BCUT2D eigenvalue weighted by Crippen LogP contribution is 2.20. The second kappa shape index (κ2) is 8.37. The van der Waals surface area contributed by atoms with E-state index in [-0.39, 0.29) is 18.1 Å². The maximum Gasteiger partial charge on any atom is 0.220 e. The Morgan fingerprint density at radius 3 is 3.10 bits per heavy atom. The molecule has 0 bridgehead atoms. The van der Waals surface area contributed by atoms with Gasteiger partial charge in [-0.2, -0.15) is 0 Å². The summed E-state index contributed by atoms with van der Waals surface area (Å²) in [7, 11) is 1.63. The molecule has 5 heteroatoms. The van der Waals surface area contributed by atoms with E-state index in [1.165, 1.54) is 0 Å². The van der Waals surface area contributed by atoms with Crippen molar-refractivity contribution in [3.63, 3.8) is 0 Å². The summed E-state index contributed by atoms with van der Waals surface area (Å²) in [5.74, 6) is 0.0366. The van der Waals surface area contributed by atoms with Crippen LogP contribution in [0.3, 0.4) is 0 Å². The van der Waals surface area contributed by atoms with Gasteiger partial charge in [0.1, 0.15) is 0 Å². The average molecular weight is 312 g/mol. The first-order valence-electron chi connectivity index (χ1n) is 7.35. The Balaban J connectivity index is 1.75. The van der Waals surface area contributed by atoms with Crippen molar-refractivity contribution in [2.75, 3.05) is 20.3 Å². The van der Waals surface area contributed by atoms with Crippen molar-refractivity contribution in [3.05, 3.63) is 34.9 Å². The lowest BCUT2D eigenvalue weighted by Gasteiger charge is -2.17. The number of carbonyl (C=O) groups is 1. The Morgan fingerprint density at radius 2 is 2.43 bits per heavy atom. The summed E-state index contributed by atoms with van der Waals surface area (Å²) in [4.78, 5) is 11.9. The van der Waals surface area contributed by atoms with Gasteiger partial charge < -0.3 is 14.8 Å². The van der Waals surface area contributed by atoms with Crippen molar-refractivity contribution in [2.45, 2.75) is 37.9 Å². The molecule has 4 nitrogen and oxygen atoms in total. The fourth-order valence-electron chi connectivity index (χ4n) is 2.50. The van der Waals surface area contributed by atoms with E-state index in [9.17, 15) is 4.79 Å². The van der Waals surface area contributed by atoms with Gasteiger partial charge in [-0.25, -0.2) is 0 Å². The molecule has 1 heterocycles. The minimum absolute atomic E-state index is 0.0366. The minimum Gasteiger partial charge on any atom is -0.378 e. The van der Waals surface area contributed by atoms with Crippen molar-refractivity contribution < 1.29 is 14.3 Å². The molecule has 2 atom stereocenters. The molecule has 0 saturated carbocycles. The monoisotopic (exact) mass is 311 g/mol. The van der Waals surface area contributed by atoms with E-state index in [1.54, 1.807) is 7.11 Å². The Labute approximate surface area is 130 Å². The van der Waals surface area contributed by atoms with Gasteiger partial charge in [-0.05, 0) is 37.0 Å². The molecule has 0 radical (unpaired) electrons. The zero-order chi connectivity index (χ0) is 15.1. The molecular formula is C16H22ClNO3. The number of hydrogen-bond acceptors (Lipinski definition) is 3. The molecule has 1 saturated heterocycles. The highest BCUT2D eigenvalue weighted by Gasteiger charge is 2.17. The second-order valence-electron chi connectivity index (χ2n) is 5.26. The molecule has 1 N–H and O–H groups in total. The lowest BCUT2D eigenvalue weighted by atomic mass is 10.1. The maximum absolute atomic E-state index is 11.9. The van der Waals surface area contributed by atoms with Crippen LogP contribution in [0.2, 0.25) is 5.02 Å². The van der Waals surface area contributed by atoms with Crippen molar-refractivity contribution in [1.29, 1.82) is 0 Å². The number of methoxy groups -OCH3 is 1. The number of ether oxygens (including phenoxy) is 2. The first-order chi connectivity index (χ1) is 10.2. The van der Waals surface area contributed by atoms with Crippen LogP contribution in [0.1, 0.15) is 37.4 Å². The number of rotatable bonds is 7. The van der Waals surface area contributed by atoms with Gasteiger partial charge in [-0.1, -0.05) is 23.7 Å². The summed E-state index contributed by atoms with van der Waals surface area (Å²) in [6.07, 6.45) is 3.53. The van der Waals surface area contributed by atoms with Crippen LogP contribution in [0.5, 0.6) is 0 Å². The van der Waals surface area contributed by atoms with E-state index in [0.29, 0.717) is 18.0 Å². The molecule has 0 spiro atoms. The highest BCUT2D eigenvalue weighted by atomic mass is 35.5. The van der Waals surface area contributed by atoms with Crippen LogP contribution in [-0.2, 0) is 14.3 Å². The van der Waals surface area contributed by atoms with Crippen LogP contribution in [0.15, 0.2) is 24.3 Å². The van der Waals surface area contributed by atoms with Gasteiger partial charge in [0, 0.05) is 31.7 Å². The number of hydrogen-bond donors (Lipinski definition) is 1. The van der Waals surface area contributed by atoms with Gasteiger partial charge in [0.25, 0.3) is 0 Å². The Morgan fingerprint density at radius 1 is 1.57 bits per heavy atom. The van der Waals surface area contributed by atoms with E-state index in [1.807, 2.05) is 24.3 Å². The number of benzene rings is 1. The first-order valence-corrected chi connectivity index (χ1v) is 7.73. The lowest BCUT2D eigenvalue weighted by molar-refractivity contribution is -0.122. The van der Waals surface area contributed by atoms with Crippen molar-refractivity contribution >= 4 is 17.5 Å². The summed E-state index contributed by atoms with van der Waals surface area (Å²) >= 11 is 5.97. The first kappa shape index (κ1) is 16.3. The van der Waals surface area contributed by atoms with Gasteiger partial charge in [0.2, 0.25) is 5.91 Å². The van der Waals surface area contributed by atoms with Gasteiger partial charge in [0.05, 0.1) is 12.2 Å². The van der Waals surface area contributed by atoms with Gasteiger partial charge in [-0.15, -0.1) is 0 Å². The fraction of sp³-hybridized carbons (Fsp3) is 0.562. The molecule has 1 fully saturated rings. The third-order valence-corrected chi connectivity index (χ3v) is 3.94. The van der Waals surface area contributed by atoms with Crippen LogP contribution in [0.25, 0.3) is 0 Å². The van der Waals surface area contributed by atoms with Crippen LogP contribution in [0.4, 0.5) is 0 Å². The smallest absolute Gasteiger partial charge is 0.220 e. The summed E-state index contributed by atoms with van der Waals surface area (Å²) in [5, 5.41) is 3.58. The van der Waals surface area contributed by atoms with Crippen LogP contribution < -0.4 is 5.32 Å². The topological polar surface area (TPSA) is 47.6 Å². The molecule has 1 aliphatic heterocycles. The number of carbonyl (C=O) groups excluding carboxylic acids is 1. The minimum atomic E-state index is -0.185. The standard InChI is InChI=1S/C16H22ClNO3/c1-20-15(12-4-2-5-13(17)10-12)11-18-16(19)8-7-14-6-3-9-21-14/h2,4-5,10,14-15H,3,6-9,11H2,1H3,(H,18,19)/t14-,15-/m1/s1. The van der Waals surface area contributed by atoms with Crippen LogP contribution in [0, 0.1) is 0 Å². The normalized spacial score (nSPS) is 19.4. The number of nitrogens with one attached hydrogen (secondary N) is 1. The third kappa shape index (κ3) is 5.30.